The lowest BCUT2D eigenvalue weighted by Crippen LogP contribution is -1.96. The number of aromatic nitrogens is 1. The first-order valence-electron chi connectivity index (χ1n) is 17.4. The minimum Gasteiger partial charge on any atom is -0.456 e. The van der Waals surface area contributed by atoms with Gasteiger partial charge in [-0.1, -0.05) is 121 Å². The Balaban J connectivity index is 1.09. The Labute approximate surface area is 294 Å². The van der Waals surface area contributed by atoms with Crippen molar-refractivity contribution in [2.24, 2.45) is 0 Å². The van der Waals surface area contributed by atoms with E-state index in [2.05, 4.69) is 174 Å². The number of anilines is 2. The normalized spacial score (nSPS) is 12.1. The Bertz CT molecular complexity index is 3000. The smallest absolute Gasteiger partial charge is 0.136 e. The predicted molar refractivity (Wildman–Crippen MR) is 213 cm³/mol. The molecule has 0 spiro atoms. The maximum atomic E-state index is 6.30. The number of hydrogen-bond donors (Lipinski definition) is 1. The fourth-order valence-electron chi connectivity index (χ4n) is 8.29. The number of fused-ring (bicyclic) bond motifs is 11. The van der Waals surface area contributed by atoms with Gasteiger partial charge in [-0.05, 0) is 82.4 Å². The molecule has 0 aliphatic carbocycles. The third-order valence-electron chi connectivity index (χ3n) is 10.6. The molecule has 3 heteroatoms. The number of para-hydroxylation sites is 4. The van der Waals surface area contributed by atoms with Crippen molar-refractivity contribution in [3.63, 3.8) is 0 Å². The van der Waals surface area contributed by atoms with Crippen LogP contribution in [-0.2, 0) is 0 Å². The summed E-state index contributed by atoms with van der Waals surface area (Å²) < 4.78 is 8.67. The van der Waals surface area contributed by atoms with E-state index in [1.165, 1.54) is 60.9 Å². The molecule has 8 aromatic carbocycles. The van der Waals surface area contributed by atoms with Crippen LogP contribution in [0, 0.1) is 0 Å². The van der Waals surface area contributed by atoms with E-state index in [-0.39, 0.29) is 0 Å². The Kier molecular flexibility index (Phi) is 5.96. The SMILES string of the molecule is c1ccc(-n2c3ccccc3c3cc(-c4ccc5c(c4)-c4ccccc4-c4cccc(-c6cccc7oc8ccccc8c67)c4N5)ccc32)cc1. The zero-order valence-corrected chi connectivity index (χ0v) is 27.6. The molecule has 0 fully saturated rings. The van der Waals surface area contributed by atoms with Crippen molar-refractivity contribution in [1.29, 1.82) is 0 Å². The van der Waals surface area contributed by atoms with Gasteiger partial charge in [0.05, 0.1) is 16.7 Å². The van der Waals surface area contributed by atoms with Gasteiger partial charge in [0.15, 0.2) is 0 Å². The highest BCUT2D eigenvalue weighted by atomic mass is 16.3. The summed E-state index contributed by atoms with van der Waals surface area (Å²) in [5.41, 5.74) is 17.0. The molecule has 0 saturated carbocycles. The zero-order chi connectivity index (χ0) is 33.5. The van der Waals surface area contributed by atoms with Crippen molar-refractivity contribution in [3.8, 4) is 50.2 Å². The highest BCUT2D eigenvalue weighted by Gasteiger charge is 2.24. The average molecular weight is 651 g/mol. The van der Waals surface area contributed by atoms with Gasteiger partial charge in [0, 0.05) is 49.6 Å². The van der Waals surface area contributed by atoms with Crippen LogP contribution in [0.25, 0.3) is 93.9 Å². The molecule has 51 heavy (non-hydrogen) atoms. The molecule has 1 aliphatic heterocycles. The van der Waals surface area contributed by atoms with E-state index in [0.717, 1.165) is 44.4 Å². The van der Waals surface area contributed by atoms with E-state index in [4.69, 9.17) is 4.42 Å². The summed E-state index contributed by atoms with van der Waals surface area (Å²) in [6.45, 7) is 0. The molecule has 3 nitrogen and oxygen atoms in total. The van der Waals surface area contributed by atoms with Crippen molar-refractivity contribution in [2.75, 3.05) is 5.32 Å². The molecular weight excluding hydrogens is 621 g/mol. The van der Waals surface area contributed by atoms with Crippen LogP contribution in [0.15, 0.2) is 180 Å². The van der Waals surface area contributed by atoms with Crippen molar-refractivity contribution in [1.82, 2.24) is 4.57 Å². The van der Waals surface area contributed by atoms with Crippen molar-refractivity contribution in [2.45, 2.75) is 0 Å². The van der Waals surface area contributed by atoms with E-state index in [0.29, 0.717) is 0 Å². The van der Waals surface area contributed by atoms with Gasteiger partial charge in [-0.2, -0.15) is 0 Å². The maximum absolute atomic E-state index is 6.30. The van der Waals surface area contributed by atoms with Crippen molar-refractivity contribution >= 4 is 55.1 Å². The number of benzene rings is 8. The minimum atomic E-state index is 0.897. The van der Waals surface area contributed by atoms with Gasteiger partial charge in [0.2, 0.25) is 0 Å². The van der Waals surface area contributed by atoms with E-state index >= 15 is 0 Å². The summed E-state index contributed by atoms with van der Waals surface area (Å²) in [4.78, 5) is 0. The molecule has 1 N–H and O–H groups in total. The fraction of sp³-hybridized carbons (Fsp3) is 0. The van der Waals surface area contributed by atoms with E-state index in [1.54, 1.807) is 0 Å². The monoisotopic (exact) mass is 650 g/mol. The zero-order valence-electron chi connectivity index (χ0n) is 27.6. The highest BCUT2D eigenvalue weighted by Crippen LogP contribution is 2.50. The summed E-state index contributed by atoms with van der Waals surface area (Å²) in [6, 6.07) is 63.2. The van der Waals surface area contributed by atoms with E-state index in [9.17, 15) is 0 Å². The summed E-state index contributed by atoms with van der Waals surface area (Å²) in [5.74, 6) is 0. The first-order chi connectivity index (χ1) is 25.3. The van der Waals surface area contributed by atoms with Crippen LogP contribution in [-0.4, -0.2) is 4.57 Å². The predicted octanol–water partition coefficient (Wildman–Crippen LogP) is 13.4. The van der Waals surface area contributed by atoms with Gasteiger partial charge in [-0.25, -0.2) is 0 Å². The van der Waals surface area contributed by atoms with Crippen LogP contribution in [0.1, 0.15) is 0 Å². The molecule has 0 amide bonds. The minimum absolute atomic E-state index is 0.897. The highest BCUT2D eigenvalue weighted by molar-refractivity contribution is 6.15. The molecule has 3 heterocycles. The lowest BCUT2D eigenvalue weighted by molar-refractivity contribution is 0.669. The van der Waals surface area contributed by atoms with Crippen LogP contribution >= 0.6 is 0 Å². The van der Waals surface area contributed by atoms with Gasteiger partial charge in [0.25, 0.3) is 0 Å². The van der Waals surface area contributed by atoms with Gasteiger partial charge >= 0.3 is 0 Å². The first kappa shape index (κ1) is 28.0. The largest absolute Gasteiger partial charge is 0.456 e. The van der Waals surface area contributed by atoms with Crippen LogP contribution in [0.2, 0.25) is 0 Å². The fourth-order valence-corrected chi connectivity index (χ4v) is 8.29. The molecule has 0 saturated heterocycles. The molecule has 10 aromatic rings. The topological polar surface area (TPSA) is 30.1 Å². The number of furan rings is 1. The first-order valence-corrected chi connectivity index (χ1v) is 17.4. The Morgan fingerprint density at radius 2 is 1.00 bits per heavy atom. The number of nitrogens with one attached hydrogen (secondary N) is 1. The summed E-state index contributed by atoms with van der Waals surface area (Å²) >= 11 is 0. The van der Waals surface area contributed by atoms with Gasteiger partial charge in [-0.15, -0.1) is 0 Å². The number of rotatable bonds is 3. The molecule has 0 atom stereocenters. The standard InChI is InChI=1S/C48H30N2O/c1-2-12-32(13-3-1)50-43-21-8-6-16-35(43)41-29-31(25-27-44(41)50)30-24-26-42-40(28-30)34-15-5-4-14-33(34)37-19-10-20-38(48(37)49-42)36-18-11-23-46-47(36)39-17-7-9-22-45(39)51-46/h1-29,49H. The molecule has 0 unspecified atom stereocenters. The Hall–Kier alpha value is -6.84. The lowest BCUT2D eigenvalue weighted by atomic mass is 9.90. The van der Waals surface area contributed by atoms with Crippen molar-refractivity contribution in [3.05, 3.63) is 176 Å². The summed E-state index contributed by atoms with van der Waals surface area (Å²) in [7, 11) is 0. The Morgan fingerprint density at radius 3 is 1.88 bits per heavy atom. The summed E-state index contributed by atoms with van der Waals surface area (Å²) in [5, 5.41) is 8.71. The second-order valence-electron chi connectivity index (χ2n) is 13.4. The molecule has 1 aliphatic rings. The third-order valence-corrected chi connectivity index (χ3v) is 10.6. The quantitative estimate of drug-likeness (QED) is 0.206. The van der Waals surface area contributed by atoms with Gasteiger partial charge in [-0.3, -0.25) is 0 Å². The molecule has 2 aromatic heterocycles. The average Bonchev–Trinajstić information content (AvgIpc) is 3.70. The molecular formula is C48H30N2O. The molecule has 0 radical (unpaired) electrons. The lowest BCUT2D eigenvalue weighted by Gasteiger charge is -2.17. The van der Waals surface area contributed by atoms with Gasteiger partial charge < -0.3 is 14.3 Å². The third kappa shape index (κ3) is 4.19. The number of hydrogen-bond acceptors (Lipinski definition) is 2. The number of nitrogens with zero attached hydrogens (tertiary/aromatic N) is 1. The molecule has 11 rings (SSSR count). The summed E-state index contributed by atoms with van der Waals surface area (Å²) in [6.07, 6.45) is 0. The maximum Gasteiger partial charge on any atom is 0.136 e. The second-order valence-corrected chi connectivity index (χ2v) is 13.4. The molecule has 0 bridgehead atoms. The Morgan fingerprint density at radius 1 is 0.392 bits per heavy atom. The van der Waals surface area contributed by atoms with Crippen LogP contribution in [0.5, 0.6) is 0 Å². The van der Waals surface area contributed by atoms with Gasteiger partial charge in [0.1, 0.15) is 11.2 Å². The van der Waals surface area contributed by atoms with Crippen LogP contribution in [0.4, 0.5) is 11.4 Å². The molecule has 238 valence electrons. The van der Waals surface area contributed by atoms with E-state index < -0.39 is 0 Å². The second kappa shape index (κ2) is 10.8. The van der Waals surface area contributed by atoms with Crippen LogP contribution in [0.3, 0.4) is 0 Å². The van der Waals surface area contributed by atoms with Crippen LogP contribution < -0.4 is 5.32 Å². The van der Waals surface area contributed by atoms with E-state index in [1.807, 2.05) is 12.1 Å². The van der Waals surface area contributed by atoms with Crippen molar-refractivity contribution < 1.29 is 4.42 Å².